The number of halogens is 7. The third-order valence-electron chi connectivity index (χ3n) is 3.54. The summed E-state index contributed by atoms with van der Waals surface area (Å²) in [4.78, 5) is 21.8. The molecule has 28 heavy (non-hydrogen) atoms. The molecule has 0 bridgehead atoms. The van der Waals surface area contributed by atoms with E-state index in [-0.39, 0.29) is 30.3 Å². The molecule has 0 aromatic carbocycles. The summed E-state index contributed by atoms with van der Waals surface area (Å²) < 4.78 is 87.5. The zero-order valence-corrected chi connectivity index (χ0v) is 15.7. The third kappa shape index (κ3) is 10.5. The summed E-state index contributed by atoms with van der Waals surface area (Å²) >= 11 is 0.864. The van der Waals surface area contributed by atoms with Crippen LogP contribution in [0.1, 0.15) is 25.7 Å². The normalized spacial score (nSPS) is 13.0. The van der Waals surface area contributed by atoms with Crippen molar-refractivity contribution in [1.82, 2.24) is 10.6 Å². The van der Waals surface area contributed by atoms with Crippen LogP contribution in [0, 0.1) is 0 Å². The molecule has 0 spiro atoms. The van der Waals surface area contributed by atoms with E-state index in [1.807, 2.05) is 0 Å². The zero-order valence-electron chi connectivity index (χ0n) is 14.9. The number of hydrogen-bond acceptors (Lipinski definition) is 5. The van der Waals surface area contributed by atoms with Crippen molar-refractivity contribution in [2.24, 2.45) is 0 Å². The average molecular weight is 444 g/mol. The Kier molecular flexibility index (Phi) is 12.0. The first-order chi connectivity index (χ1) is 12.8. The van der Waals surface area contributed by atoms with E-state index in [1.165, 1.54) is 0 Å². The first-order valence-corrected chi connectivity index (χ1v) is 9.52. The molecule has 0 saturated heterocycles. The quantitative estimate of drug-likeness (QED) is 0.266. The summed E-state index contributed by atoms with van der Waals surface area (Å²) in [7, 11) is 0. The molecule has 5 nitrogen and oxygen atoms in total. The van der Waals surface area contributed by atoms with Crippen LogP contribution < -0.4 is 10.6 Å². The fourth-order valence-corrected chi connectivity index (χ4v) is 2.89. The molecular formula is C15H23F7N2O3S. The Labute approximate surface area is 161 Å². The van der Waals surface area contributed by atoms with Crippen molar-refractivity contribution in [3.8, 4) is 0 Å². The summed E-state index contributed by atoms with van der Waals surface area (Å²) in [5.74, 6) is -1.46. The molecule has 0 aromatic rings. The molecule has 0 radical (unpaired) electrons. The van der Waals surface area contributed by atoms with Crippen LogP contribution in [0.4, 0.5) is 30.7 Å². The van der Waals surface area contributed by atoms with Crippen molar-refractivity contribution in [2.45, 2.75) is 43.7 Å². The molecule has 0 rings (SSSR count). The monoisotopic (exact) mass is 444 g/mol. The maximum absolute atomic E-state index is 13.4. The van der Waals surface area contributed by atoms with Gasteiger partial charge >= 0.3 is 18.3 Å². The third-order valence-corrected chi connectivity index (χ3v) is 4.64. The lowest BCUT2D eigenvalue weighted by Crippen LogP contribution is -2.53. The van der Waals surface area contributed by atoms with E-state index in [1.54, 1.807) is 0 Å². The Morgan fingerprint density at radius 1 is 0.857 bits per heavy atom. The van der Waals surface area contributed by atoms with E-state index in [9.17, 15) is 40.3 Å². The largest absolute Gasteiger partial charge is 0.480 e. The lowest BCUT2D eigenvalue weighted by Gasteiger charge is -2.29. The Balaban J connectivity index is 3.83. The summed E-state index contributed by atoms with van der Waals surface area (Å²) in [6.07, 6.45) is -13.8. The molecule has 0 atom stereocenters. The number of carboxylic acids is 1. The molecule has 13 heteroatoms. The smallest absolute Gasteiger partial charge is 0.431 e. The highest BCUT2D eigenvalue weighted by Gasteiger charge is 2.71. The molecule has 0 heterocycles. The van der Waals surface area contributed by atoms with Gasteiger partial charge in [0.25, 0.3) is 5.67 Å². The van der Waals surface area contributed by atoms with Crippen molar-refractivity contribution >= 4 is 23.5 Å². The van der Waals surface area contributed by atoms with Crippen LogP contribution in [0.3, 0.4) is 0 Å². The van der Waals surface area contributed by atoms with Gasteiger partial charge in [-0.05, 0) is 25.1 Å². The number of hydrogen-bond donors (Lipinski definition) is 3. The van der Waals surface area contributed by atoms with Crippen molar-refractivity contribution < 1.29 is 45.4 Å². The SMILES string of the molecule is O=C(O)CNCCNCCCC(=O)CSCCCC(F)(C(F)(F)F)C(F)(F)F. The Hall–Kier alpha value is -1.08. The standard InChI is InChI=1S/C15H23F7N2O3S/c16-13(14(17,18)19,15(20,21)22)4-2-8-28-10-11(25)3-1-5-23-6-7-24-9-12(26)27/h23-24H,1-10H2,(H,26,27). The molecule has 0 aliphatic heterocycles. The van der Waals surface area contributed by atoms with Gasteiger partial charge in [0.15, 0.2) is 0 Å². The molecule has 0 aliphatic rings. The second-order valence-electron chi connectivity index (χ2n) is 5.92. The van der Waals surface area contributed by atoms with Gasteiger partial charge in [0.2, 0.25) is 0 Å². The van der Waals surface area contributed by atoms with Gasteiger partial charge in [0.05, 0.1) is 12.3 Å². The number of nitrogens with one attached hydrogen (secondary N) is 2. The van der Waals surface area contributed by atoms with E-state index < -0.39 is 36.8 Å². The van der Waals surface area contributed by atoms with Crippen molar-refractivity contribution in [3.05, 3.63) is 0 Å². The minimum absolute atomic E-state index is 0.0719. The highest BCUT2D eigenvalue weighted by Crippen LogP contribution is 2.49. The number of aliphatic carboxylic acids is 1. The molecule has 0 amide bonds. The topological polar surface area (TPSA) is 78.4 Å². The molecule has 3 N–H and O–H groups in total. The number of ketones is 1. The molecule has 0 fully saturated rings. The highest BCUT2D eigenvalue weighted by molar-refractivity contribution is 7.99. The van der Waals surface area contributed by atoms with E-state index in [0.29, 0.717) is 26.1 Å². The van der Waals surface area contributed by atoms with Gasteiger partial charge in [0, 0.05) is 25.9 Å². The van der Waals surface area contributed by atoms with E-state index in [4.69, 9.17) is 5.11 Å². The van der Waals surface area contributed by atoms with Crippen molar-refractivity contribution in [3.63, 3.8) is 0 Å². The molecule has 166 valence electrons. The van der Waals surface area contributed by atoms with E-state index in [0.717, 1.165) is 11.8 Å². The number of carbonyl (C=O) groups is 2. The number of rotatable bonds is 15. The lowest BCUT2D eigenvalue weighted by atomic mass is 9.99. The summed E-state index contributed by atoms with van der Waals surface area (Å²) in [5, 5.41) is 14.0. The Bertz CT molecular complexity index is 473. The van der Waals surface area contributed by atoms with Crippen LogP contribution in [0.2, 0.25) is 0 Å². The zero-order chi connectivity index (χ0) is 21.8. The number of alkyl halides is 7. The first-order valence-electron chi connectivity index (χ1n) is 8.36. The van der Waals surface area contributed by atoms with Crippen LogP contribution in [-0.2, 0) is 9.59 Å². The Morgan fingerprint density at radius 3 is 1.96 bits per heavy atom. The second kappa shape index (κ2) is 12.5. The van der Waals surface area contributed by atoms with Crippen molar-refractivity contribution in [2.75, 3.05) is 37.7 Å². The van der Waals surface area contributed by atoms with Gasteiger partial charge in [-0.3, -0.25) is 9.59 Å². The predicted octanol–water partition coefficient (Wildman–Crippen LogP) is 2.95. The van der Waals surface area contributed by atoms with Crippen LogP contribution in [-0.4, -0.2) is 72.6 Å². The highest BCUT2D eigenvalue weighted by atomic mass is 32.2. The van der Waals surface area contributed by atoms with Gasteiger partial charge in [-0.25, -0.2) is 4.39 Å². The fourth-order valence-electron chi connectivity index (χ4n) is 2.03. The van der Waals surface area contributed by atoms with Crippen molar-refractivity contribution in [1.29, 1.82) is 0 Å². The van der Waals surface area contributed by atoms with Crippen LogP contribution in [0.25, 0.3) is 0 Å². The number of carbonyl (C=O) groups excluding carboxylic acids is 1. The minimum atomic E-state index is -6.04. The van der Waals surface area contributed by atoms with Crippen LogP contribution >= 0.6 is 11.8 Å². The lowest BCUT2D eigenvalue weighted by molar-refractivity contribution is -0.343. The summed E-state index contributed by atoms with van der Waals surface area (Å²) in [6, 6.07) is 0. The van der Waals surface area contributed by atoms with Crippen LogP contribution in [0.15, 0.2) is 0 Å². The van der Waals surface area contributed by atoms with Crippen LogP contribution in [0.5, 0.6) is 0 Å². The molecule has 0 saturated carbocycles. The second-order valence-corrected chi connectivity index (χ2v) is 7.02. The molecule has 0 aliphatic carbocycles. The number of Topliss-reactive ketones (excluding diaryl/α,β-unsaturated/α-hetero) is 1. The molecule has 0 aromatic heterocycles. The van der Waals surface area contributed by atoms with E-state index in [2.05, 4.69) is 10.6 Å². The summed E-state index contributed by atoms with van der Waals surface area (Å²) in [5.41, 5.74) is -5.24. The number of thioether (sulfide) groups is 1. The van der Waals surface area contributed by atoms with Gasteiger partial charge in [-0.2, -0.15) is 38.1 Å². The van der Waals surface area contributed by atoms with Gasteiger partial charge < -0.3 is 15.7 Å². The Morgan fingerprint density at radius 2 is 1.43 bits per heavy atom. The maximum atomic E-state index is 13.4. The molecule has 0 unspecified atom stereocenters. The number of carboxylic acid groups (broad SMARTS) is 1. The fraction of sp³-hybridized carbons (Fsp3) is 0.867. The maximum Gasteiger partial charge on any atom is 0.431 e. The summed E-state index contributed by atoms with van der Waals surface area (Å²) in [6.45, 7) is 1.27. The van der Waals surface area contributed by atoms with Gasteiger partial charge in [-0.1, -0.05) is 0 Å². The average Bonchev–Trinajstić information content (AvgIpc) is 2.54. The van der Waals surface area contributed by atoms with Gasteiger partial charge in [0.1, 0.15) is 5.78 Å². The van der Waals surface area contributed by atoms with E-state index >= 15 is 0 Å². The predicted molar refractivity (Wildman–Crippen MR) is 90.1 cm³/mol. The minimum Gasteiger partial charge on any atom is -0.480 e. The van der Waals surface area contributed by atoms with Gasteiger partial charge in [-0.15, -0.1) is 0 Å². The first kappa shape index (κ1) is 26.9. The molecular weight excluding hydrogens is 421 g/mol.